The predicted octanol–water partition coefficient (Wildman–Crippen LogP) is 4.07. The minimum absolute atomic E-state index is 0.0524. The molecule has 0 amide bonds. The normalized spacial score (nSPS) is 10.5. The van der Waals surface area contributed by atoms with Crippen molar-refractivity contribution >= 4 is 34.0 Å². The van der Waals surface area contributed by atoms with Crippen LogP contribution in [0.1, 0.15) is 0 Å². The highest BCUT2D eigenvalue weighted by atomic mass is 35.5. The summed E-state index contributed by atoms with van der Waals surface area (Å²) in [4.78, 5) is 4.08. The lowest BCUT2D eigenvalue weighted by molar-refractivity contribution is 1.43. The van der Waals surface area contributed by atoms with Crippen molar-refractivity contribution in [3.63, 3.8) is 0 Å². The van der Waals surface area contributed by atoms with Crippen molar-refractivity contribution in [1.29, 1.82) is 0 Å². The molecule has 0 aliphatic rings. The molecule has 0 atom stereocenters. The average Bonchev–Trinajstić information content (AvgIpc) is 2.46. The van der Waals surface area contributed by atoms with E-state index in [2.05, 4.69) is 11.1 Å². The Balaban J connectivity index is 2.22. The first-order valence-electron chi connectivity index (χ1n) is 6.52. The van der Waals surface area contributed by atoms with Gasteiger partial charge in [0.2, 0.25) is 0 Å². The zero-order valence-electron chi connectivity index (χ0n) is 11.3. The van der Waals surface area contributed by atoms with E-state index in [1.165, 1.54) is 0 Å². The lowest BCUT2D eigenvalue weighted by Crippen LogP contribution is -2.21. The fourth-order valence-corrected chi connectivity index (χ4v) is 2.64. The van der Waals surface area contributed by atoms with Crippen molar-refractivity contribution < 1.29 is 0 Å². The van der Waals surface area contributed by atoms with Crippen LogP contribution in [0.4, 0.5) is 5.69 Å². The molecule has 0 aliphatic carbocycles. The van der Waals surface area contributed by atoms with Crippen LogP contribution in [0.15, 0.2) is 65.7 Å². The van der Waals surface area contributed by atoms with Crippen LogP contribution in [0.25, 0.3) is 21.9 Å². The van der Waals surface area contributed by atoms with E-state index in [1.807, 2.05) is 54.6 Å². The molecule has 0 heterocycles. The summed E-state index contributed by atoms with van der Waals surface area (Å²) >= 11 is 6.30. The number of hydrogen-bond acceptors (Lipinski definition) is 1. The maximum absolute atomic E-state index is 6.30. The number of fused-ring (bicyclic) bond motifs is 1. The van der Waals surface area contributed by atoms with Gasteiger partial charge in [-0.15, -0.1) is 0 Å². The van der Waals surface area contributed by atoms with Crippen LogP contribution in [-0.2, 0) is 0 Å². The first-order chi connectivity index (χ1) is 10.1. The summed E-state index contributed by atoms with van der Waals surface area (Å²) < 4.78 is 0. The Hall–Kier alpha value is -2.52. The summed E-state index contributed by atoms with van der Waals surface area (Å²) in [6.45, 7) is 0. The Labute approximate surface area is 127 Å². The van der Waals surface area contributed by atoms with Crippen LogP contribution in [0.5, 0.6) is 0 Å². The molecule has 104 valence electrons. The second kappa shape index (κ2) is 5.46. The lowest BCUT2D eigenvalue weighted by atomic mass is 9.98. The number of nitrogens with zero attached hydrogens (tertiary/aromatic N) is 1. The molecule has 4 N–H and O–H groups in total. The van der Waals surface area contributed by atoms with Gasteiger partial charge in [-0.05, 0) is 34.5 Å². The van der Waals surface area contributed by atoms with Gasteiger partial charge in [-0.25, -0.2) is 4.99 Å². The van der Waals surface area contributed by atoms with E-state index >= 15 is 0 Å². The van der Waals surface area contributed by atoms with E-state index in [1.54, 1.807) is 0 Å². The molecule has 0 spiro atoms. The van der Waals surface area contributed by atoms with Gasteiger partial charge in [0.05, 0.1) is 5.69 Å². The smallest absolute Gasteiger partial charge is 0.191 e. The van der Waals surface area contributed by atoms with E-state index < -0.39 is 0 Å². The second-order valence-electron chi connectivity index (χ2n) is 4.73. The molecule has 3 rings (SSSR count). The molecule has 3 aromatic carbocycles. The number of aliphatic imine (C=N–C) groups is 1. The van der Waals surface area contributed by atoms with Crippen molar-refractivity contribution in [2.45, 2.75) is 0 Å². The molecule has 0 radical (unpaired) electrons. The Morgan fingerprint density at radius 1 is 0.857 bits per heavy atom. The van der Waals surface area contributed by atoms with Crippen LogP contribution in [0.3, 0.4) is 0 Å². The van der Waals surface area contributed by atoms with Gasteiger partial charge in [0.1, 0.15) is 0 Å². The first-order valence-corrected chi connectivity index (χ1v) is 6.90. The summed E-state index contributed by atoms with van der Waals surface area (Å²) in [6.07, 6.45) is 0. The molecule has 3 nitrogen and oxygen atoms in total. The molecule has 21 heavy (non-hydrogen) atoms. The third-order valence-corrected chi connectivity index (χ3v) is 3.62. The highest BCUT2D eigenvalue weighted by molar-refractivity contribution is 6.33. The summed E-state index contributed by atoms with van der Waals surface area (Å²) in [7, 11) is 0. The van der Waals surface area contributed by atoms with Gasteiger partial charge >= 0.3 is 0 Å². The van der Waals surface area contributed by atoms with E-state index in [9.17, 15) is 0 Å². The largest absolute Gasteiger partial charge is 0.370 e. The number of nitrogens with two attached hydrogens (primary N) is 2. The quantitative estimate of drug-likeness (QED) is 0.553. The van der Waals surface area contributed by atoms with Gasteiger partial charge in [0.25, 0.3) is 0 Å². The molecule has 0 saturated carbocycles. The number of halogens is 1. The maximum atomic E-state index is 6.30. The monoisotopic (exact) mass is 295 g/mol. The third-order valence-electron chi connectivity index (χ3n) is 3.29. The maximum Gasteiger partial charge on any atom is 0.191 e. The minimum atomic E-state index is 0.0524. The zero-order valence-corrected chi connectivity index (χ0v) is 12.0. The molecule has 4 heteroatoms. The fourth-order valence-electron chi connectivity index (χ4n) is 2.40. The van der Waals surface area contributed by atoms with E-state index in [0.29, 0.717) is 0 Å². The molecular weight excluding hydrogens is 282 g/mol. The van der Waals surface area contributed by atoms with Crippen molar-refractivity contribution in [2.24, 2.45) is 16.5 Å². The molecular formula is C17H14ClN3. The standard InChI is InChI=1S/C17H14ClN3/c18-16-7-2-1-5-15(16)14-6-3-4-11-10-12(21-17(19)20)8-9-13(11)14/h1-10H,(H4,19,20,21). The van der Waals surface area contributed by atoms with Gasteiger partial charge in [-0.2, -0.15) is 0 Å². The summed E-state index contributed by atoms with van der Waals surface area (Å²) in [5, 5.41) is 2.91. The second-order valence-corrected chi connectivity index (χ2v) is 5.13. The summed E-state index contributed by atoms with van der Waals surface area (Å²) in [5.74, 6) is 0.0524. The fraction of sp³-hybridized carbons (Fsp3) is 0. The number of rotatable bonds is 2. The highest BCUT2D eigenvalue weighted by Gasteiger charge is 2.07. The Bertz CT molecular complexity index is 836. The predicted molar refractivity (Wildman–Crippen MR) is 89.9 cm³/mol. The minimum Gasteiger partial charge on any atom is -0.370 e. The van der Waals surface area contributed by atoms with Crippen LogP contribution in [0, 0.1) is 0 Å². The molecule has 3 aromatic rings. The number of hydrogen-bond donors (Lipinski definition) is 2. The van der Waals surface area contributed by atoms with E-state index in [4.69, 9.17) is 23.1 Å². The highest BCUT2D eigenvalue weighted by Crippen LogP contribution is 2.34. The first kappa shape index (κ1) is 13.5. The molecule has 0 saturated heterocycles. The van der Waals surface area contributed by atoms with Gasteiger partial charge in [-0.3, -0.25) is 0 Å². The molecule has 0 aliphatic heterocycles. The molecule has 0 fully saturated rings. The van der Waals surface area contributed by atoms with E-state index in [0.717, 1.165) is 32.6 Å². The molecule has 0 aromatic heterocycles. The van der Waals surface area contributed by atoms with Gasteiger partial charge in [0.15, 0.2) is 5.96 Å². The van der Waals surface area contributed by atoms with Crippen molar-refractivity contribution in [3.05, 3.63) is 65.7 Å². The van der Waals surface area contributed by atoms with Gasteiger partial charge < -0.3 is 11.5 Å². The molecule has 0 unspecified atom stereocenters. The zero-order chi connectivity index (χ0) is 14.8. The van der Waals surface area contributed by atoms with E-state index in [-0.39, 0.29) is 5.96 Å². The van der Waals surface area contributed by atoms with Crippen LogP contribution in [-0.4, -0.2) is 5.96 Å². The summed E-state index contributed by atoms with van der Waals surface area (Å²) in [5.41, 5.74) is 13.7. The third kappa shape index (κ3) is 2.69. The van der Waals surface area contributed by atoms with Crippen LogP contribution < -0.4 is 11.5 Å². The van der Waals surface area contributed by atoms with Crippen molar-refractivity contribution in [3.8, 4) is 11.1 Å². The summed E-state index contributed by atoms with van der Waals surface area (Å²) in [6, 6.07) is 19.8. The lowest BCUT2D eigenvalue weighted by Gasteiger charge is -2.09. The number of guanidine groups is 1. The van der Waals surface area contributed by atoms with Gasteiger partial charge in [0, 0.05) is 10.6 Å². The Morgan fingerprint density at radius 2 is 1.62 bits per heavy atom. The topological polar surface area (TPSA) is 64.4 Å². The van der Waals surface area contributed by atoms with Crippen LogP contribution in [0.2, 0.25) is 5.02 Å². The Kier molecular flexibility index (Phi) is 3.50. The van der Waals surface area contributed by atoms with Crippen molar-refractivity contribution in [2.75, 3.05) is 0 Å². The van der Waals surface area contributed by atoms with Gasteiger partial charge in [-0.1, -0.05) is 54.1 Å². The van der Waals surface area contributed by atoms with Crippen LogP contribution >= 0.6 is 11.6 Å². The average molecular weight is 296 g/mol. The number of benzene rings is 3. The molecule has 0 bridgehead atoms. The van der Waals surface area contributed by atoms with Crippen molar-refractivity contribution in [1.82, 2.24) is 0 Å². The SMILES string of the molecule is NC(N)=Nc1ccc2c(-c3ccccc3Cl)cccc2c1. The Morgan fingerprint density at radius 3 is 2.38 bits per heavy atom.